The maximum Gasteiger partial charge on any atom is 0.573 e. The number of rotatable bonds is 4. The molecule has 0 radical (unpaired) electrons. The molecular formula is C30H15Cl4F8N4O4P. The maximum absolute atomic E-state index is 13.8. The van der Waals surface area contributed by atoms with E-state index in [1.54, 1.807) is 36.5 Å². The minimum atomic E-state index is -4.98. The summed E-state index contributed by atoms with van der Waals surface area (Å²) < 4.78 is 117. The molecule has 21 heteroatoms. The van der Waals surface area contributed by atoms with Gasteiger partial charge in [0.25, 0.3) is 5.56 Å². The molecular weight excluding hydrogens is 805 g/mol. The van der Waals surface area contributed by atoms with Crippen molar-refractivity contribution in [1.82, 2.24) is 19.9 Å². The Morgan fingerprint density at radius 2 is 1.16 bits per heavy atom. The average Bonchev–Trinajstić information content (AvgIpc) is 3.01. The molecule has 4 aromatic heterocycles. The van der Waals surface area contributed by atoms with Gasteiger partial charge < -0.3 is 14.5 Å². The number of aromatic nitrogens is 4. The third kappa shape index (κ3) is 11.9. The first kappa shape index (κ1) is 39.6. The van der Waals surface area contributed by atoms with Gasteiger partial charge in [-0.15, -0.1) is 26.3 Å². The number of hydrogen-bond acceptors (Lipinski definition) is 7. The predicted molar refractivity (Wildman–Crippen MR) is 176 cm³/mol. The van der Waals surface area contributed by atoms with Crippen LogP contribution in [0.15, 0.2) is 90.0 Å². The second-order valence-electron chi connectivity index (χ2n) is 9.60. The summed E-state index contributed by atoms with van der Waals surface area (Å²) >= 11 is 19.9. The van der Waals surface area contributed by atoms with Crippen molar-refractivity contribution in [3.8, 4) is 34.0 Å². The molecule has 0 atom stereocenters. The van der Waals surface area contributed by atoms with Crippen LogP contribution in [0.3, 0.4) is 0 Å². The Morgan fingerprint density at radius 3 is 1.67 bits per heavy atom. The summed E-state index contributed by atoms with van der Waals surface area (Å²) in [5.41, 5.74) is 1.48. The van der Waals surface area contributed by atoms with E-state index in [2.05, 4.69) is 63.1 Å². The highest BCUT2D eigenvalue weighted by Crippen LogP contribution is 2.61. The topological polar surface area (TPSA) is 107 Å². The Morgan fingerprint density at radius 1 is 0.686 bits per heavy atom. The second-order valence-corrected chi connectivity index (χ2v) is 16.6. The SMILES string of the molecule is Fc1cc(-c2cc3ncccc3c(Cl)n2)ccc1OC(F)(F)F.O=P(Cl)(Cl)Cl.O=c1[nH]c(-c2ccc(OC(F)(F)F)c(F)c2)cc2ncccc12. The lowest BCUT2D eigenvalue weighted by molar-refractivity contribution is -0.276. The summed E-state index contributed by atoms with van der Waals surface area (Å²) in [4.78, 5) is 26.8. The van der Waals surface area contributed by atoms with Gasteiger partial charge in [0.05, 0.1) is 27.8 Å². The van der Waals surface area contributed by atoms with E-state index in [-0.39, 0.29) is 22.0 Å². The molecule has 4 heterocycles. The van der Waals surface area contributed by atoms with Crippen molar-refractivity contribution >= 4 is 72.3 Å². The molecule has 0 spiro atoms. The van der Waals surface area contributed by atoms with Gasteiger partial charge in [-0.05, 0) is 107 Å². The molecule has 0 unspecified atom stereocenters. The summed E-state index contributed by atoms with van der Waals surface area (Å²) in [5.74, 6) is -4.20. The highest BCUT2D eigenvalue weighted by molar-refractivity contribution is 8.24. The molecule has 0 saturated carbocycles. The van der Waals surface area contributed by atoms with Crippen LogP contribution in [0, 0.1) is 11.6 Å². The number of alkyl halides is 6. The van der Waals surface area contributed by atoms with Crippen LogP contribution >= 0.6 is 50.5 Å². The zero-order valence-electron chi connectivity index (χ0n) is 24.5. The minimum absolute atomic E-state index is 0.168. The molecule has 0 saturated heterocycles. The van der Waals surface area contributed by atoms with Gasteiger partial charge in [0, 0.05) is 28.9 Å². The lowest BCUT2D eigenvalue weighted by atomic mass is 10.1. The molecule has 0 bridgehead atoms. The van der Waals surface area contributed by atoms with E-state index in [9.17, 15) is 44.5 Å². The van der Waals surface area contributed by atoms with Gasteiger partial charge in [0.2, 0.25) is 0 Å². The number of fused-ring (bicyclic) bond motifs is 2. The first-order chi connectivity index (χ1) is 23.7. The zero-order valence-corrected chi connectivity index (χ0v) is 28.5. The molecule has 0 aliphatic rings. The molecule has 268 valence electrons. The van der Waals surface area contributed by atoms with Crippen molar-refractivity contribution in [1.29, 1.82) is 0 Å². The Labute approximate surface area is 299 Å². The zero-order chi connectivity index (χ0) is 37.7. The Hall–Kier alpha value is -4.21. The van der Waals surface area contributed by atoms with Gasteiger partial charge in [-0.25, -0.2) is 13.8 Å². The van der Waals surface area contributed by atoms with Gasteiger partial charge in [-0.3, -0.25) is 19.3 Å². The number of ether oxygens (including phenoxy) is 2. The molecule has 8 nitrogen and oxygen atoms in total. The van der Waals surface area contributed by atoms with Crippen LogP contribution in [0.5, 0.6) is 11.5 Å². The first-order valence-corrected chi connectivity index (χ1v) is 18.2. The van der Waals surface area contributed by atoms with E-state index in [4.69, 9.17) is 11.6 Å². The molecule has 2 aromatic carbocycles. The third-order valence-corrected chi connectivity index (χ3v) is 6.38. The summed E-state index contributed by atoms with van der Waals surface area (Å²) in [6.45, 7) is 0. The monoisotopic (exact) mass is 818 g/mol. The van der Waals surface area contributed by atoms with E-state index in [0.717, 1.165) is 24.3 Å². The third-order valence-electron chi connectivity index (χ3n) is 6.09. The fraction of sp³-hybridized carbons (Fsp3) is 0.0667. The number of aromatic amines is 1. The summed E-state index contributed by atoms with van der Waals surface area (Å²) in [7, 11) is 0. The number of benzene rings is 2. The summed E-state index contributed by atoms with van der Waals surface area (Å²) in [5, 5.41) is -2.08. The average molecular weight is 820 g/mol. The molecule has 0 fully saturated rings. The highest BCUT2D eigenvalue weighted by Gasteiger charge is 2.33. The number of pyridine rings is 4. The van der Waals surface area contributed by atoms with E-state index < -0.39 is 46.6 Å². The highest BCUT2D eigenvalue weighted by atomic mass is 36.0. The first-order valence-electron chi connectivity index (χ1n) is 13.4. The van der Waals surface area contributed by atoms with Crippen LogP contribution in [0.1, 0.15) is 0 Å². The quantitative estimate of drug-likeness (QED) is 0.107. The van der Waals surface area contributed by atoms with Crippen molar-refractivity contribution in [2.75, 3.05) is 0 Å². The Balaban J connectivity index is 0.000000202. The minimum Gasteiger partial charge on any atom is -0.403 e. The lowest BCUT2D eigenvalue weighted by Crippen LogP contribution is -2.18. The molecule has 0 aliphatic heterocycles. The van der Waals surface area contributed by atoms with E-state index in [1.807, 2.05) is 0 Å². The largest absolute Gasteiger partial charge is 0.573 e. The van der Waals surface area contributed by atoms with Gasteiger partial charge in [-0.2, -0.15) is 0 Å². The van der Waals surface area contributed by atoms with Gasteiger partial charge in [0.1, 0.15) is 5.15 Å². The molecule has 6 aromatic rings. The van der Waals surface area contributed by atoms with Crippen molar-refractivity contribution in [2.45, 2.75) is 12.7 Å². The van der Waals surface area contributed by atoms with Crippen LogP contribution < -0.4 is 15.0 Å². The smallest absolute Gasteiger partial charge is 0.403 e. The molecule has 1 N–H and O–H groups in total. The lowest BCUT2D eigenvalue weighted by Gasteiger charge is -2.11. The van der Waals surface area contributed by atoms with Crippen molar-refractivity contribution in [3.05, 3.63) is 112 Å². The van der Waals surface area contributed by atoms with Crippen LogP contribution in [-0.2, 0) is 4.57 Å². The predicted octanol–water partition coefficient (Wildman–Crippen LogP) is 11.4. The van der Waals surface area contributed by atoms with Crippen LogP contribution in [0.2, 0.25) is 5.15 Å². The van der Waals surface area contributed by atoms with Crippen LogP contribution in [-0.4, -0.2) is 32.7 Å². The molecule has 51 heavy (non-hydrogen) atoms. The van der Waals surface area contributed by atoms with Crippen molar-refractivity contribution in [3.63, 3.8) is 0 Å². The van der Waals surface area contributed by atoms with E-state index in [1.165, 1.54) is 24.4 Å². The molecule has 0 amide bonds. The summed E-state index contributed by atoms with van der Waals surface area (Å²) in [6, 6.07) is 15.6. The Bertz CT molecular complexity index is 2300. The number of nitrogens with one attached hydrogen (secondary N) is 1. The number of halogens is 12. The van der Waals surface area contributed by atoms with E-state index >= 15 is 0 Å². The molecule has 0 aliphatic carbocycles. The fourth-order valence-electron chi connectivity index (χ4n) is 4.17. The maximum atomic E-state index is 13.8. The van der Waals surface area contributed by atoms with Gasteiger partial charge in [-0.1, -0.05) is 11.6 Å². The number of H-pyrrole nitrogens is 1. The van der Waals surface area contributed by atoms with Gasteiger partial charge >= 0.3 is 17.9 Å². The second kappa shape index (κ2) is 16.0. The normalized spacial score (nSPS) is 11.7. The Kier molecular flexibility index (Phi) is 12.4. The van der Waals surface area contributed by atoms with Gasteiger partial charge in [0.15, 0.2) is 23.1 Å². The van der Waals surface area contributed by atoms with E-state index in [0.29, 0.717) is 27.5 Å². The number of hydrogen-bond donors (Lipinski definition) is 1. The van der Waals surface area contributed by atoms with Crippen molar-refractivity contribution < 1.29 is 49.2 Å². The standard InChI is InChI=1S/C15H7ClF4N2O.C15H8F4N2O2.Cl3OP/c16-14-9-2-1-5-21-12(9)7-11(22-14)8-3-4-13(10(17)6-8)23-15(18,19)20;16-10-6-8(3-4-13(10)23-15(17,18)19)11-7-12-9(14(22)21-11)2-1-5-20-12;1-5(2,3)4/h1-7H;1-7H,(H,21,22);. The van der Waals surface area contributed by atoms with Crippen LogP contribution in [0.25, 0.3) is 44.3 Å². The number of nitrogens with zero attached hydrogens (tertiary/aromatic N) is 3. The van der Waals surface area contributed by atoms with Crippen molar-refractivity contribution in [2.24, 2.45) is 0 Å². The summed E-state index contributed by atoms with van der Waals surface area (Å²) in [6.07, 6.45) is -6.89. The molecule has 6 rings (SSSR count). The van der Waals surface area contributed by atoms with Crippen LogP contribution in [0.4, 0.5) is 35.1 Å². The fourth-order valence-corrected chi connectivity index (χ4v) is 4.42.